The van der Waals surface area contributed by atoms with Crippen molar-refractivity contribution in [1.82, 2.24) is 14.9 Å². The number of nitrogens with two attached hydrogens (primary N) is 1. The summed E-state index contributed by atoms with van der Waals surface area (Å²) in [6.07, 6.45) is 0. The molecule has 0 aliphatic rings. The van der Waals surface area contributed by atoms with Gasteiger partial charge in [-0.3, -0.25) is 4.79 Å². The molecule has 1 unspecified atom stereocenters. The molecule has 0 aliphatic carbocycles. The van der Waals surface area contributed by atoms with Gasteiger partial charge in [0.2, 0.25) is 11.1 Å². The number of benzene rings is 2. The molecular weight excluding hydrogens is 442 g/mol. The van der Waals surface area contributed by atoms with E-state index in [4.69, 9.17) is 20.1 Å². The van der Waals surface area contributed by atoms with Crippen molar-refractivity contribution >= 4 is 23.4 Å². The molecule has 10 heteroatoms. The number of carbonyl (C=O) groups is 1. The predicted molar refractivity (Wildman–Crippen MR) is 129 cm³/mol. The predicted octanol–water partition coefficient (Wildman–Crippen LogP) is 3.83. The van der Waals surface area contributed by atoms with E-state index in [1.165, 1.54) is 29.1 Å². The molecule has 0 fully saturated rings. The van der Waals surface area contributed by atoms with Crippen molar-refractivity contribution in [1.29, 1.82) is 0 Å². The third-order valence-electron chi connectivity index (χ3n) is 4.95. The van der Waals surface area contributed by atoms with Gasteiger partial charge in [-0.15, -0.1) is 10.2 Å². The van der Waals surface area contributed by atoms with Gasteiger partial charge in [0.1, 0.15) is 12.4 Å². The molecule has 3 N–H and O–H groups in total. The molecule has 0 bridgehead atoms. The van der Waals surface area contributed by atoms with Crippen molar-refractivity contribution in [2.24, 2.45) is 0 Å². The lowest BCUT2D eigenvalue weighted by Crippen LogP contribution is -2.24. The van der Waals surface area contributed by atoms with Crippen LogP contribution in [-0.2, 0) is 11.4 Å². The summed E-state index contributed by atoms with van der Waals surface area (Å²) in [6, 6.07) is 13.1. The second-order valence-corrected chi connectivity index (χ2v) is 8.91. The number of anilines is 1. The number of nitrogen functional groups attached to an aromatic ring is 1. The average Bonchev–Trinajstić information content (AvgIpc) is 3.16. The van der Waals surface area contributed by atoms with E-state index in [1.807, 2.05) is 24.3 Å². The summed E-state index contributed by atoms with van der Waals surface area (Å²) in [5.41, 5.74) is 1.83. The zero-order chi connectivity index (χ0) is 24.0. The van der Waals surface area contributed by atoms with Crippen molar-refractivity contribution in [3.05, 3.63) is 53.9 Å². The summed E-state index contributed by atoms with van der Waals surface area (Å²) in [7, 11) is 3.09. The van der Waals surface area contributed by atoms with E-state index in [2.05, 4.69) is 29.4 Å². The maximum Gasteiger partial charge on any atom is 0.237 e. The highest BCUT2D eigenvalue weighted by Gasteiger charge is 2.20. The van der Waals surface area contributed by atoms with E-state index in [0.717, 1.165) is 5.75 Å². The second-order valence-electron chi connectivity index (χ2n) is 7.60. The van der Waals surface area contributed by atoms with Gasteiger partial charge in [0.25, 0.3) is 0 Å². The Morgan fingerprint density at radius 2 is 1.76 bits per heavy atom. The van der Waals surface area contributed by atoms with E-state index in [0.29, 0.717) is 34.1 Å². The fourth-order valence-corrected chi connectivity index (χ4v) is 3.74. The second kappa shape index (κ2) is 11.0. The van der Waals surface area contributed by atoms with Gasteiger partial charge in [0.15, 0.2) is 17.3 Å². The lowest BCUT2D eigenvalue weighted by molar-refractivity contribution is -0.115. The number of hydrogen-bond donors (Lipinski definition) is 2. The third-order valence-corrected chi connectivity index (χ3v) is 6.01. The van der Waals surface area contributed by atoms with Crippen LogP contribution in [0.15, 0.2) is 47.6 Å². The largest absolute Gasteiger partial charge is 0.493 e. The van der Waals surface area contributed by atoms with Crippen LogP contribution in [0.5, 0.6) is 17.2 Å². The molecular formula is C23H29N5O4S. The Hall–Kier alpha value is -3.40. The number of aromatic nitrogens is 3. The van der Waals surface area contributed by atoms with Crippen LogP contribution in [-0.4, -0.2) is 40.3 Å². The van der Waals surface area contributed by atoms with Crippen LogP contribution >= 0.6 is 11.8 Å². The van der Waals surface area contributed by atoms with Crippen LogP contribution in [0.3, 0.4) is 0 Å². The summed E-state index contributed by atoms with van der Waals surface area (Å²) in [5, 5.41) is 11.0. The number of methoxy groups -OCH3 is 2. The standard InChI is InChI=1S/C23H29N5O4S/c1-14(2)16-6-9-18(10-7-16)32-13-21-26-27-23(28(21)24)33-15(3)22(29)25-17-8-11-19(30-4)20(12-17)31-5/h6-12,14-15H,13,24H2,1-5H3,(H,25,29). The SMILES string of the molecule is COc1ccc(NC(=O)C(C)Sc2nnc(COc3ccc(C(C)C)cc3)n2N)cc1OC. The van der Waals surface area contributed by atoms with Crippen molar-refractivity contribution in [3.63, 3.8) is 0 Å². The van der Waals surface area contributed by atoms with Crippen LogP contribution in [0.1, 0.15) is 38.1 Å². The molecule has 2 aromatic carbocycles. The molecule has 9 nitrogen and oxygen atoms in total. The first-order valence-corrected chi connectivity index (χ1v) is 11.3. The Kier molecular flexibility index (Phi) is 8.05. The zero-order valence-electron chi connectivity index (χ0n) is 19.4. The molecule has 176 valence electrons. The van der Waals surface area contributed by atoms with E-state index >= 15 is 0 Å². The Morgan fingerprint density at radius 1 is 1.06 bits per heavy atom. The van der Waals surface area contributed by atoms with E-state index in [9.17, 15) is 4.79 Å². The van der Waals surface area contributed by atoms with Crippen LogP contribution < -0.4 is 25.4 Å². The van der Waals surface area contributed by atoms with E-state index in [-0.39, 0.29) is 12.5 Å². The lowest BCUT2D eigenvalue weighted by Gasteiger charge is -2.13. The smallest absolute Gasteiger partial charge is 0.237 e. The summed E-state index contributed by atoms with van der Waals surface area (Å²) in [6.45, 7) is 6.21. The molecule has 0 radical (unpaired) electrons. The van der Waals surface area contributed by atoms with Crippen molar-refractivity contribution in [2.45, 2.75) is 43.7 Å². The average molecular weight is 472 g/mol. The van der Waals surface area contributed by atoms with Gasteiger partial charge in [0.05, 0.1) is 19.5 Å². The van der Waals surface area contributed by atoms with Crippen molar-refractivity contribution < 1.29 is 19.0 Å². The lowest BCUT2D eigenvalue weighted by atomic mass is 10.0. The quantitative estimate of drug-likeness (QED) is 0.339. The number of nitrogens with one attached hydrogen (secondary N) is 1. The number of nitrogens with zero attached hydrogens (tertiary/aromatic N) is 3. The van der Waals surface area contributed by atoms with Crippen LogP contribution in [0.2, 0.25) is 0 Å². The number of carbonyl (C=O) groups excluding carboxylic acids is 1. The van der Waals surface area contributed by atoms with Crippen LogP contribution in [0.25, 0.3) is 0 Å². The molecule has 1 atom stereocenters. The number of rotatable bonds is 10. The monoisotopic (exact) mass is 471 g/mol. The maximum atomic E-state index is 12.6. The van der Waals surface area contributed by atoms with E-state index in [1.54, 1.807) is 32.2 Å². The molecule has 3 aromatic rings. The Morgan fingerprint density at radius 3 is 2.39 bits per heavy atom. The summed E-state index contributed by atoms with van der Waals surface area (Å²) in [5.74, 6) is 8.67. The first kappa shape index (κ1) is 24.2. The molecule has 3 rings (SSSR count). The minimum atomic E-state index is -0.470. The summed E-state index contributed by atoms with van der Waals surface area (Å²) >= 11 is 1.20. The number of ether oxygens (including phenoxy) is 3. The van der Waals surface area contributed by atoms with Gasteiger partial charge in [-0.25, -0.2) is 4.68 Å². The first-order chi connectivity index (χ1) is 15.8. The first-order valence-electron chi connectivity index (χ1n) is 10.4. The Balaban J connectivity index is 1.58. The van der Waals surface area contributed by atoms with Gasteiger partial charge in [-0.1, -0.05) is 37.7 Å². The molecule has 1 heterocycles. The fraction of sp³-hybridized carbons (Fsp3) is 0.348. The van der Waals surface area contributed by atoms with E-state index < -0.39 is 5.25 Å². The van der Waals surface area contributed by atoms with Gasteiger partial charge < -0.3 is 25.4 Å². The van der Waals surface area contributed by atoms with Crippen molar-refractivity contribution in [2.75, 3.05) is 25.4 Å². The highest BCUT2D eigenvalue weighted by Crippen LogP contribution is 2.30. The number of amides is 1. The molecule has 0 saturated heterocycles. The van der Waals surface area contributed by atoms with Gasteiger partial charge in [0, 0.05) is 11.8 Å². The molecule has 1 amide bonds. The normalized spacial score (nSPS) is 11.8. The topological polar surface area (TPSA) is 114 Å². The minimum absolute atomic E-state index is 0.164. The third kappa shape index (κ3) is 6.10. The number of thioether (sulfide) groups is 1. The Labute approximate surface area is 197 Å². The minimum Gasteiger partial charge on any atom is -0.493 e. The Bertz CT molecular complexity index is 1080. The molecule has 33 heavy (non-hydrogen) atoms. The van der Waals surface area contributed by atoms with Gasteiger partial charge in [-0.2, -0.15) is 0 Å². The van der Waals surface area contributed by atoms with Crippen molar-refractivity contribution in [3.8, 4) is 17.2 Å². The van der Waals surface area contributed by atoms with Crippen LogP contribution in [0, 0.1) is 0 Å². The highest BCUT2D eigenvalue weighted by molar-refractivity contribution is 8.00. The summed E-state index contributed by atoms with van der Waals surface area (Å²) < 4.78 is 17.6. The molecule has 0 aliphatic heterocycles. The zero-order valence-corrected chi connectivity index (χ0v) is 20.2. The van der Waals surface area contributed by atoms with Gasteiger partial charge in [-0.05, 0) is 42.7 Å². The molecule has 1 aromatic heterocycles. The highest BCUT2D eigenvalue weighted by atomic mass is 32.2. The van der Waals surface area contributed by atoms with Gasteiger partial charge >= 0.3 is 0 Å². The van der Waals surface area contributed by atoms with Crippen LogP contribution in [0.4, 0.5) is 5.69 Å². The fourth-order valence-electron chi connectivity index (χ4n) is 2.95. The summed E-state index contributed by atoms with van der Waals surface area (Å²) in [4.78, 5) is 12.6. The molecule has 0 saturated carbocycles. The maximum absolute atomic E-state index is 12.6. The number of hydrogen-bond acceptors (Lipinski definition) is 8. The molecule has 0 spiro atoms.